The van der Waals surface area contributed by atoms with Crippen LogP contribution in [0.2, 0.25) is 0 Å². The molecule has 1 N–H and O–H groups in total. The summed E-state index contributed by atoms with van der Waals surface area (Å²) in [5.74, 6) is 0. The van der Waals surface area contributed by atoms with Crippen molar-refractivity contribution in [2.45, 2.75) is 66.1 Å². The summed E-state index contributed by atoms with van der Waals surface area (Å²) in [5, 5.41) is 3.63. The largest absolute Gasteiger partial charge is 0.373 e. The van der Waals surface area contributed by atoms with Crippen molar-refractivity contribution in [2.24, 2.45) is 5.41 Å². The molecular formula is C16H34N2O. The van der Waals surface area contributed by atoms with Gasteiger partial charge >= 0.3 is 0 Å². The molecule has 3 nitrogen and oxygen atoms in total. The fourth-order valence-electron chi connectivity index (χ4n) is 3.20. The van der Waals surface area contributed by atoms with Crippen LogP contribution in [0, 0.1) is 5.41 Å². The van der Waals surface area contributed by atoms with Gasteiger partial charge in [0, 0.05) is 26.2 Å². The molecule has 0 aromatic carbocycles. The minimum absolute atomic E-state index is 0.374. The number of morpholine rings is 1. The van der Waals surface area contributed by atoms with Gasteiger partial charge < -0.3 is 10.1 Å². The van der Waals surface area contributed by atoms with Crippen LogP contribution < -0.4 is 5.32 Å². The number of hydrogen-bond donors (Lipinski definition) is 1. The summed E-state index contributed by atoms with van der Waals surface area (Å²) < 4.78 is 5.84. The van der Waals surface area contributed by atoms with Gasteiger partial charge in [0.15, 0.2) is 0 Å². The lowest BCUT2D eigenvalue weighted by molar-refractivity contribution is -0.0783. The Morgan fingerprint density at radius 3 is 2.16 bits per heavy atom. The SMILES string of the molecule is CCCNCC(CC)(CC)CN1CC(C)OC(C)C1. The standard InChI is InChI=1S/C16H34N2O/c1-6-9-17-12-16(7-2,8-3)13-18-10-14(4)19-15(5)11-18/h14-15,17H,6-13H2,1-5H3. The van der Waals surface area contributed by atoms with Crippen LogP contribution in [0.1, 0.15) is 53.9 Å². The lowest BCUT2D eigenvalue weighted by Gasteiger charge is -2.42. The monoisotopic (exact) mass is 270 g/mol. The molecule has 0 aliphatic carbocycles. The maximum Gasteiger partial charge on any atom is 0.0678 e. The minimum Gasteiger partial charge on any atom is -0.373 e. The Hall–Kier alpha value is -0.120. The minimum atomic E-state index is 0.374. The zero-order chi connectivity index (χ0) is 14.3. The quantitative estimate of drug-likeness (QED) is 0.686. The van der Waals surface area contributed by atoms with E-state index in [0.717, 1.165) is 26.2 Å². The Labute approximate surface area is 120 Å². The molecule has 0 amide bonds. The number of hydrogen-bond acceptors (Lipinski definition) is 3. The lowest BCUT2D eigenvalue weighted by atomic mass is 9.81. The van der Waals surface area contributed by atoms with E-state index < -0.39 is 0 Å². The van der Waals surface area contributed by atoms with Crippen LogP contribution in [0.5, 0.6) is 0 Å². The van der Waals surface area contributed by atoms with Gasteiger partial charge in [-0.05, 0) is 45.1 Å². The molecule has 0 saturated carbocycles. The summed E-state index contributed by atoms with van der Waals surface area (Å²) in [4.78, 5) is 2.61. The van der Waals surface area contributed by atoms with Gasteiger partial charge in [0.25, 0.3) is 0 Å². The molecular weight excluding hydrogens is 236 g/mol. The van der Waals surface area contributed by atoms with Crippen molar-refractivity contribution >= 4 is 0 Å². The summed E-state index contributed by atoms with van der Waals surface area (Å²) in [5.41, 5.74) is 0.423. The fourth-order valence-corrected chi connectivity index (χ4v) is 3.20. The second-order valence-electron chi connectivity index (χ2n) is 6.34. The molecule has 1 aliphatic heterocycles. The van der Waals surface area contributed by atoms with Gasteiger partial charge in [-0.15, -0.1) is 0 Å². The maximum absolute atomic E-state index is 5.84. The predicted molar refractivity (Wildman–Crippen MR) is 82.6 cm³/mol. The van der Waals surface area contributed by atoms with E-state index in [0.29, 0.717) is 17.6 Å². The van der Waals surface area contributed by atoms with E-state index in [4.69, 9.17) is 4.74 Å². The zero-order valence-electron chi connectivity index (χ0n) is 13.7. The maximum atomic E-state index is 5.84. The van der Waals surface area contributed by atoms with Gasteiger partial charge in [-0.3, -0.25) is 4.90 Å². The highest BCUT2D eigenvalue weighted by Gasteiger charge is 2.31. The molecule has 0 spiro atoms. The van der Waals surface area contributed by atoms with E-state index in [1.807, 2.05) is 0 Å². The van der Waals surface area contributed by atoms with Crippen molar-refractivity contribution < 1.29 is 4.74 Å². The highest BCUT2D eigenvalue weighted by molar-refractivity contribution is 4.85. The topological polar surface area (TPSA) is 24.5 Å². The van der Waals surface area contributed by atoms with E-state index in [9.17, 15) is 0 Å². The Morgan fingerprint density at radius 2 is 1.68 bits per heavy atom. The molecule has 1 saturated heterocycles. The number of rotatable bonds is 8. The van der Waals surface area contributed by atoms with E-state index in [2.05, 4.69) is 44.8 Å². The third kappa shape index (κ3) is 5.41. The van der Waals surface area contributed by atoms with Crippen LogP contribution >= 0.6 is 0 Å². The molecule has 0 aromatic rings. The summed E-state index contributed by atoms with van der Waals surface area (Å²) in [6.45, 7) is 16.9. The van der Waals surface area contributed by atoms with Gasteiger partial charge in [-0.2, -0.15) is 0 Å². The summed E-state index contributed by atoms with van der Waals surface area (Å²) in [6.07, 6.45) is 4.47. The molecule has 3 heteroatoms. The average Bonchev–Trinajstić information content (AvgIpc) is 2.36. The highest BCUT2D eigenvalue weighted by atomic mass is 16.5. The third-order valence-electron chi connectivity index (χ3n) is 4.48. The normalized spacial score (nSPS) is 25.7. The second-order valence-corrected chi connectivity index (χ2v) is 6.34. The van der Waals surface area contributed by atoms with Crippen LogP contribution in [0.15, 0.2) is 0 Å². The van der Waals surface area contributed by atoms with Crippen LogP contribution in [0.4, 0.5) is 0 Å². The van der Waals surface area contributed by atoms with Crippen molar-refractivity contribution in [1.29, 1.82) is 0 Å². The second kappa shape index (κ2) is 8.23. The lowest BCUT2D eigenvalue weighted by Crippen LogP contribution is -2.51. The molecule has 1 heterocycles. The Balaban J connectivity index is 2.55. The Bertz CT molecular complexity index is 231. The summed E-state index contributed by atoms with van der Waals surface area (Å²) in [7, 11) is 0. The zero-order valence-corrected chi connectivity index (χ0v) is 13.7. The first-order valence-corrected chi connectivity index (χ1v) is 8.13. The molecule has 1 fully saturated rings. The van der Waals surface area contributed by atoms with Gasteiger partial charge in [0.2, 0.25) is 0 Å². The van der Waals surface area contributed by atoms with Gasteiger partial charge in [0.05, 0.1) is 12.2 Å². The van der Waals surface area contributed by atoms with E-state index in [-0.39, 0.29) is 0 Å². The average molecular weight is 270 g/mol. The van der Waals surface area contributed by atoms with Crippen LogP contribution in [0.25, 0.3) is 0 Å². The van der Waals surface area contributed by atoms with E-state index in [1.54, 1.807) is 0 Å². The molecule has 1 rings (SSSR count). The molecule has 0 radical (unpaired) electrons. The van der Waals surface area contributed by atoms with Crippen molar-refractivity contribution in [3.05, 3.63) is 0 Å². The molecule has 114 valence electrons. The van der Waals surface area contributed by atoms with Crippen molar-refractivity contribution in [2.75, 3.05) is 32.7 Å². The first-order chi connectivity index (χ1) is 9.05. The summed E-state index contributed by atoms with van der Waals surface area (Å²) >= 11 is 0. The third-order valence-corrected chi connectivity index (χ3v) is 4.48. The van der Waals surface area contributed by atoms with Gasteiger partial charge in [-0.1, -0.05) is 20.8 Å². The molecule has 1 aliphatic rings. The smallest absolute Gasteiger partial charge is 0.0678 e. The fraction of sp³-hybridized carbons (Fsp3) is 1.00. The van der Waals surface area contributed by atoms with Gasteiger partial charge in [0.1, 0.15) is 0 Å². The van der Waals surface area contributed by atoms with E-state index in [1.165, 1.54) is 25.8 Å². The molecule has 19 heavy (non-hydrogen) atoms. The number of ether oxygens (including phenoxy) is 1. The number of nitrogens with zero attached hydrogens (tertiary/aromatic N) is 1. The molecule has 0 aromatic heterocycles. The van der Waals surface area contributed by atoms with Crippen LogP contribution in [-0.2, 0) is 4.74 Å². The van der Waals surface area contributed by atoms with Gasteiger partial charge in [-0.25, -0.2) is 0 Å². The molecule has 2 atom stereocenters. The molecule has 2 unspecified atom stereocenters. The summed E-state index contributed by atoms with van der Waals surface area (Å²) in [6, 6.07) is 0. The first-order valence-electron chi connectivity index (χ1n) is 8.13. The predicted octanol–water partition coefficient (Wildman–Crippen LogP) is 2.90. The Kier molecular flexibility index (Phi) is 7.33. The highest BCUT2D eigenvalue weighted by Crippen LogP contribution is 2.28. The van der Waals surface area contributed by atoms with Crippen LogP contribution in [-0.4, -0.2) is 49.8 Å². The molecule has 0 bridgehead atoms. The van der Waals surface area contributed by atoms with E-state index >= 15 is 0 Å². The van der Waals surface area contributed by atoms with Crippen molar-refractivity contribution in [3.63, 3.8) is 0 Å². The van der Waals surface area contributed by atoms with Crippen LogP contribution in [0.3, 0.4) is 0 Å². The van der Waals surface area contributed by atoms with Crippen molar-refractivity contribution in [3.8, 4) is 0 Å². The van der Waals surface area contributed by atoms with Crippen molar-refractivity contribution in [1.82, 2.24) is 10.2 Å². The first kappa shape index (κ1) is 16.9. The number of nitrogens with one attached hydrogen (secondary N) is 1. The Morgan fingerprint density at radius 1 is 1.11 bits per heavy atom.